The zero-order valence-corrected chi connectivity index (χ0v) is 8.19. The summed E-state index contributed by atoms with van der Waals surface area (Å²) in [5, 5.41) is 11.3. The number of nitrogen functional groups attached to an aromatic ring is 1. The van der Waals surface area contributed by atoms with E-state index in [2.05, 4.69) is 15.3 Å². The molecule has 7 heteroatoms. The summed E-state index contributed by atoms with van der Waals surface area (Å²) in [6, 6.07) is 1.31. The predicted molar refractivity (Wildman–Crippen MR) is 55.7 cm³/mol. The van der Waals surface area contributed by atoms with Crippen LogP contribution in [0, 0.1) is 0 Å². The molecule has 0 saturated carbocycles. The lowest BCUT2D eigenvalue weighted by molar-refractivity contribution is 0.0992. The summed E-state index contributed by atoms with van der Waals surface area (Å²) in [5.74, 6) is 0.477. The Balaban J connectivity index is 2.34. The summed E-state index contributed by atoms with van der Waals surface area (Å²) in [6.45, 7) is 1.22. The third-order valence-electron chi connectivity index (χ3n) is 1.55. The minimum Gasteiger partial charge on any atom is -0.394 e. The van der Waals surface area contributed by atoms with Crippen molar-refractivity contribution in [1.82, 2.24) is 9.97 Å². The van der Waals surface area contributed by atoms with Gasteiger partial charge in [-0.25, -0.2) is 0 Å². The van der Waals surface area contributed by atoms with Gasteiger partial charge in [-0.15, -0.1) is 0 Å². The highest BCUT2D eigenvalue weighted by Crippen LogP contribution is 1.98. The fourth-order valence-electron chi connectivity index (χ4n) is 0.985. The first kappa shape index (κ1) is 11.5. The Morgan fingerprint density at radius 1 is 1.60 bits per heavy atom. The molecule has 5 N–H and O–H groups in total. The van der Waals surface area contributed by atoms with Gasteiger partial charge in [0.1, 0.15) is 5.82 Å². The second-order valence-electron chi connectivity index (χ2n) is 2.78. The normalized spacial score (nSPS) is 10.2. The molecule has 0 bridgehead atoms. The molecule has 0 aliphatic heterocycles. The van der Waals surface area contributed by atoms with Crippen molar-refractivity contribution in [2.24, 2.45) is 0 Å². The minimum atomic E-state index is -0.304. The number of anilines is 2. The molecule has 84 valence electrons. The van der Waals surface area contributed by atoms with Crippen LogP contribution in [0.5, 0.6) is 0 Å². The smallest absolute Gasteiger partial charge is 0.254 e. The molecule has 0 radical (unpaired) electrons. The van der Waals surface area contributed by atoms with Gasteiger partial charge in [-0.1, -0.05) is 0 Å². The maximum absolute atomic E-state index is 11.0. The van der Waals surface area contributed by atoms with Gasteiger partial charge in [-0.3, -0.25) is 9.78 Å². The summed E-state index contributed by atoms with van der Waals surface area (Å²) < 4.78 is 5.01. The van der Waals surface area contributed by atoms with Crippen LogP contribution in [0.1, 0.15) is 0 Å². The quantitative estimate of drug-likeness (QED) is 0.441. The van der Waals surface area contributed by atoms with Gasteiger partial charge in [0, 0.05) is 12.6 Å². The SMILES string of the molecule is Nc1nc(NCCOCCO)cc(=O)[nH]1. The second kappa shape index (κ2) is 5.99. The van der Waals surface area contributed by atoms with E-state index in [0.717, 1.165) is 0 Å². The molecular formula is C8H14N4O3. The van der Waals surface area contributed by atoms with E-state index in [0.29, 0.717) is 25.6 Å². The maximum Gasteiger partial charge on any atom is 0.254 e. The summed E-state index contributed by atoms with van der Waals surface area (Å²) >= 11 is 0. The van der Waals surface area contributed by atoms with Crippen LogP contribution in [0.15, 0.2) is 10.9 Å². The van der Waals surface area contributed by atoms with Gasteiger partial charge in [0.05, 0.1) is 19.8 Å². The minimum absolute atomic E-state index is 0.00377. The first-order chi connectivity index (χ1) is 7.22. The molecule has 0 fully saturated rings. The largest absolute Gasteiger partial charge is 0.394 e. The van der Waals surface area contributed by atoms with Crippen LogP contribution in [-0.2, 0) is 4.74 Å². The predicted octanol–water partition coefficient (Wildman–Crippen LogP) is -1.23. The van der Waals surface area contributed by atoms with E-state index in [1.807, 2.05) is 0 Å². The van der Waals surface area contributed by atoms with E-state index in [1.165, 1.54) is 6.07 Å². The summed E-state index contributed by atoms with van der Waals surface area (Å²) in [5.41, 5.74) is 5.04. The first-order valence-electron chi connectivity index (χ1n) is 4.51. The average Bonchev–Trinajstić information content (AvgIpc) is 2.16. The standard InChI is InChI=1S/C8H14N4O3/c9-8-11-6(5-7(14)12-8)10-1-3-15-4-2-13/h5,13H,1-4H2,(H4,9,10,11,12,14). The van der Waals surface area contributed by atoms with Crippen molar-refractivity contribution >= 4 is 11.8 Å². The van der Waals surface area contributed by atoms with Crippen LogP contribution in [0.2, 0.25) is 0 Å². The fourth-order valence-corrected chi connectivity index (χ4v) is 0.985. The van der Waals surface area contributed by atoms with Gasteiger partial charge in [0.15, 0.2) is 0 Å². The number of ether oxygens (including phenoxy) is 1. The highest BCUT2D eigenvalue weighted by atomic mass is 16.5. The van der Waals surface area contributed by atoms with Crippen molar-refractivity contribution < 1.29 is 9.84 Å². The van der Waals surface area contributed by atoms with Crippen molar-refractivity contribution in [2.45, 2.75) is 0 Å². The van der Waals surface area contributed by atoms with Gasteiger partial charge >= 0.3 is 0 Å². The van der Waals surface area contributed by atoms with E-state index in [-0.39, 0.29) is 18.1 Å². The van der Waals surface area contributed by atoms with Gasteiger partial charge in [0.2, 0.25) is 5.95 Å². The number of rotatable bonds is 6. The van der Waals surface area contributed by atoms with Crippen LogP contribution >= 0.6 is 0 Å². The van der Waals surface area contributed by atoms with E-state index < -0.39 is 0 Å². The molecule has 0 aliphatic rings. The third kappa shape index (κ3) is 4.43. The molecule has 7 nitrogen and oxygen atoms in total. The monoisotopic (exact) mass is 214 g/mol. The molecule has 0 aromatic carbocycles. The zero-order valence-electron chi connectivity index (χ0n) is 8.19. The zero-order chi connectivity index (χ0) is 11.1. The van der Waals surface area contributed by atoms with E-state index >= 15 is 0 Å². The number of hydrogen-bond donors (Lipinski definition) is 4. The Kier molecular flexibility index (Phi) is 4.58. The van der Waals surface area contributed by atoms with Gasteiger partial charge in [0.25, 0.3) is 5.56 Å². The molecule has 1 aromatic heterocycles. The van der Waals surface area contributed by atoms with Crippen molar-refractivity contribution in [1.29, 1.82) is 0 Å². The number of hydrogen-bond acceptors (Lipinski definition) is 6. The lowest BCUT2D eigenvalue weighted by atomic mass is 10.5. The molecular weight excluding hydrogens is 200 g/mol. The Labute approximate surface area is 86.3 Å². The van der Waals surface area contributed by atoms with Gasteiger partial charge in [-0.05, 0) is 0 Å². The van der Waals surface area contributed by atoms with Crippen LogP contribution in [0.3, 0.4) is 0 Å². The first-order valence-corrected chi connectivity index (χ1v) is 4.51. The van der Waals surface area contributed by atoms with Crippen molar-refractivity contribution in [2.75, 3.05) is 37.4 Å². The van der Waals surface area contributed by atoms with Crippen molar-refractivity contribution in [3.8, 4) is 0 Å². The number of aromatic amines is 1. The van der Waals surface area contributed by atoms with Crippen LogP contribution in [0.25, 0.3) is 0 Å². The number of nitrogens with two attached hydrogens (primary N) is 1. The number of aliphatic hydroxyl groups excluding tert-OH is 1. The average molecular weight is 214 g/mol. The number of H-pyrrole nitrogens is 1. The molecule has 15 heavy (non-hydrogen) atoms. The third-order valence-corrected chi connectivity index (χ3v) is 1.55. The number of aromatic nitrogens is 2. The number of nitrogens with zero attached hydrogens (tertiary/aromatic N) is 1. The topological polar surface area (TPSA) is 113 Å². The summed E-state index contributed by atoms with van der Waals surface area (Å²) in [6.07, 6.45) is 0. The maximum atomic E-state index is 11.0. The van der Waals surface area contributed by atoms with Crippen LogP contribution in [0.4, 0.5) is 11.8 Å². The summed E-state index contributed by atoms with van der Waals surface area (Å²) in [4.78, 5) is 17.2. The molecule has 0 aliphatic carbocycles. The van der Waals surface area contributed by atoms with E-state index in [9.17, 15) is 4.79 Å². The Bertz CT molecular complexity index is 352. The van der Waals surface area contributed by atoms with Gasteiger partial charge < -0.3 is 20.9 Å². The van der Waals surface area contributed by atoms with E-state index in [1.54, 1.807) is 0 Å². The molecule has 0 atom stereocenters. The Morgan fingerprint density at radius 3 is 3.07 bits per heavy atom. The highest BCUT2D eigenvalue weighted by molar-refractivity contribution is 5.37. The molecule has 0 spiro atoms. The molecule has 0 amide bonds. The number of nitrogens with one attached hydrogen (secondary N) is 2. The molecule has 1 aromatic rings. The lowest BCUT2D eigenvalue weighted by Gasteiger charge is -2.05. The van der Waals surface area contributed by atoms with E-state index in [4.69, 9.17) is 15.6 Å². The second-order valence-corrected chi connectivity index (χ2v) is 2.78. The molecule has 1 rings (SSSR count). The van der Waals surface area contributed by atoms with Crippen LogP contribution < -0.4 is 16.6 Å². The molecule has 1 heterocycles. The summed E-state index contributed by atoms with van der Waals surface area (Å²) in [7, 11) is 0. The Morgan fingerprint density at radius 2 is 2.40 bits per heavy atom. The highest BCUT2D eigenvalue weighted by Gasteiger charge is 1.96. The van der Waals surface area contributed by atoms with Crippen molar-refractivity contribution in [3.63, 3.8) is 0 Å². The Hall–Kier alpha value is -1.60. The molecule has 0 saturated heterocycles. The van der Waals surface area contributed by atoms with Gasteiger partial charge in [-0.2, -0.15) is 4.98 Å². The van der Waals surface area contributed by atoms with Crippen molar-refractivity contribution in [3.05, 3.63) is 16.4 Å². The lowest BCUT2D eigenvalue weighted by Crippen LogP contribution is -2.16. The number of aliphatic hydroxyl groups is 1. The van der Waals surface area contributed by atoms with Crippen LogP contribution in [-0.4, -0.2) is 41.4 Å². The fraction of sp³-hybridized carbons (Fsp3) is 0.500. The molecule has 0 unspecified atom stereocenters.